The normalized spacial score (nSPS) is 20.2. The van der Waals surface area contributed by atoms with Crippen LogP contribution < -0.4 is 0 Å². The monoisotopic (exact) mass is 428 g/mol. The molecule has 30 heavy (non-hydrogen) atoms. The summed E-state index contributed by atoms with van der Waals surface area (Å²) in [7, 11) is 0. The summed E-state index contributed by atoms with van der Waals surface area (Å²) in [5.74, 6) is 0.737. The number of nitrogens with zero attached hydrogens (tertiary/aromatic N) is 2. The number of hydrogen-bond acceptors (Lipinski definition) is 4. The van der Waals surface area contributed by atoms with Gasteiger partial charge in [-0.05, 0) is 48.6 Å². The van der Waals surface area contributed by atoms with Crippen LogP contribution in [0.3, 0.4) is 0 Å². The van der Waals surface area contributed by atoms with E-state index in [1.807, 2.05) is 17.0 Å². The number of hydrogen-bond donors (Lipinski definition) is 0. The first-order valence-corrected chi connectivity index (χ1v) is 12.0. The molecule has 0 N–H and O–H groups in total. The lowest BCUT2D eigenvalue weighted by atomic mass is 9.93. The van der Waals surface area contributed by atoms with Gasteiger partial charge in [0.25, 0.3) is 5.91 Å². The maximum atomic E-state index is 13.4. The average Bonchev–Trinajstić information content (AvgIpc) is 3.12. The number of piperidine rings is 1. The predicted molar refractivity (Wildman–Crippen MR) is 121 cm³/mol. The lowest BCUT2D eigenvalue weighted by Gasteiger charge is -2.36. The van der Waals surface area contributed by atoms with Crippen LogP contribution in [0.5, 0.6) is 0 Å². The highest BCUT2D eigenvalue weighted by atomic mass is 32.1. The summed E-state index contributed by atoms with van der Waals surface area (Å²) in [6.07, 6.45) is 4.59. The highest BCUT2D eigenvalue weighted by Crippen LogP contribution is 2.35. The Hall–Kier alpha value is -1.92. The first-order valence-electron chi connectivity index (χ1n) is 11.2. The van der Waals surface area contributed by atoms with Crippen molar-refractivity contribution in [1.29, 1.82) is 0 Å². The van der Waals surface area contributed by atoms with Gasteiger partial charge in [0.15, 0.2) is 0 Å². The van der Waals surface area contributed by atoms with Crippen LogP contribution in [0.25, 0.3) is 10.1 Å². The van der Waals surface area contributed by atoms with E-state index < -0.39 is 0 Å². The molecule has 0 saturated carbocycles. The standard InChI is InChI=1S/C24H32N2O3S/c1-17(2)15-22(27)26-10-6-5-7-18(26)16-20-19-8-3-4-9-21(19)30-23(20)24(28)25-11-13-29-14-12-25/h3-4,8-9,17-18H,5-7,10-16H2,1-2H3/t18-/m1/s1. The van der Waals surface area contributed by atoms with E-state index in [0.717, 1.165) is 47.4 Å². The summed E-state index contributed by atoms with van der Waals surface area (Å²) in [6.45, 7) is 7.54. The number of amides is 2. The number of fused-ring (bicyclic) bond motifs is 1. The van der Waals surface area contributed by atoms with Gasteiger partial charge >= 0.3 is 0 Å². The second-order valence-electron chi connectivity index (χ2n) is 8.85. The number of carbonyl (C=O) groups excluding carboxylic acids is 2. The second kappa shape index (κ2) is 9.48. The molecule has 0 bridgehead atoms. The van der Waals surface area contributed by atoms with Gasteiger partial charge in [-0.15, -0.1) is 11.3 Å². The Morgan fingerprint density at radius 2 is 1.90 bits per heavy atom. The Balaban J connectivity index is 1.65. The molecular weight excluding hydrogens is 396 g/mol. The molecule has 0 radical (unpaired) electrons. The van der Waals surface area contributed by atoms with Gasteiger partial charge in [0, 0.05) is 36.8 Å². The average molecular weight is 429 g/mol. The lowest BCUT2D eigenvalue weighted by molar-refractivity contribution is -0.135. The van der Waals surface area contributed by atoms with E-state index in [1.54, 1.807) is 11.3 Å². The SMILES string of the molecule is CC(C)CC(=O)N1CCCC[C@@H]1Cc1c(C(=O)N2CCOCC2)sc2ccccc12. The van der Waals surface area contributed by atoms with Crippen molar-refractivity contribution in [2.24, 2.45) is 5.92 Å². The molecule has 1 aromatic carbocycles. The van der Waals surface area contributed by atoms with Crippen LogP contribution in [0, 0.1) is 5.92 Å². The summed E-state index contributed by atoms with van der Waals surface area (Å²) < 4.78 is 6.59. The Bertz CT molecular complexity index is 901. The van der Waals surface area contributed by atoms with Gasteiger partial charge in [-0.2, -0.15) is 0 Å². The summed E-state index contributed by atoms with van der Waals surface area (Å²) in [4.78, 5) is 31.2. The number of morpholine rings is 1. The highest BCUT2D eigenvalue weighted by molar-refractivity contribution is 7.21. The van der Waals surface area contributed by atoms with Gasteiger partial charge in [0.1, 0.15) is 0 Å². The number of thiophene rings is 1. The molecule has 2 aromatic rings. The minimum Gasteiger partial charge on any atom is -0.378 e. The molecule has 2 aliphatic rings. The van der Waals surface area contributed by atoms with Gasteiger partial charge in [0.05, 0.1) is 18.1 Å². The summed E-state index contributed by atoms with van der Waals surface area (Å²) in [5, 5.41) is 1.17. The summed E-state index contributed by atoms with van der Waals surface area (Å²) >= 11 is 1.60. The van der Waals surface area contributed by atoms with Gasteiger partial charge in [-0.25, -0.2) is 0 Å². The molecule has 6 heteroatoms. The van der Waals surface area contributed by atoms with E-state index in [-0.39, 0.29) is 17.9 Å². The van der Waals surface area contributed by atoms with Crippen molar-refractivity contribution in [1.82, 2.24) is 9.80 Å². The molecule has 3 heterocycles. The number of benzene rings is 1. The molecular formula is C24H32N2O3S. The Morgan fingerprint density at radius 1 is 1.13 bits per heavy atom. The fourth-order valence-corrected chi connectivity index (χ4v) is 5.83. The molecule has 0 unspecified atom stereocenters. The van der Waals surface area contributed by atoms with Crippen molar-refractivity contribution < 1.29 is 14.3 Å². The lowest BCUT2D eigenvalue weighted by Crippen LogP contribution is -2.45. The Morgan fingerprint density at radius 3 is 2.67 bits per heavy atom. The topological polar surface area (TPSA) is 49.9 Å². The van der Waals surface area contributed by atoms with E-state index in [2.05, 4.69) is 30.9 Å². The smallest absolute Gasteiger partial charge is 0.264 e. The zero-order chi connectivity index (χ0) is 21.1. The van der Waals surface area contributed by atoms with E-state index in [1.165, 1.54) is 5.39 Å². The third-order valence-corrected chi connectivity index (χ3v) is 7.36. The van der Waals surface area contributed by atoms with Crippen molar-refractivity contribution in [2.75, 3.05) is 32.8 Å². The molecule has 2 amide bonds. The van der Waals surface area contributed by atoms with Crippen molar-refractivity contribution in [3.8, 4) is 0 Å². The van der Waals surface area contributed by atoms with Crippen LogP contribution in [-0.2, 0) is 16.0 Å². The van der Waals surface area contributed by atoms with Crippen molar-refractivity contribution in [3.05, 3.63) is 34.7 Å². The van der Waals surface area contributed by atoms with Crippen LogP contribution in [-0.4, -0.2) is 60.5 Å². The molecule has 0 aliphatic carbocycles. The highest BCUT2D eigenvalue weighted by Gasteiger charge is 2.31. The quantitative estimate of drug-likeness (QED) is 0.712. The molecule has 2 saturated heterocycles. The number of rotatable bonds is 5. The van der Waals surface area contributed by atoms with Gasteiger partial charge in [0.2, 0.25) is 5.91 Å². The van der Waals surface area contributed by atoms with Gasteiger partial charge in [-0.3, -0.25) is 9.59 Å². The third kappa shape index (κ3) is 4.54. The Labute approximate surface area is 183 Å². The number of carbonyl (C=O) groups is 2. The van der Waals surface area contributed by atoms with Crippen molar-refractivity contribution in [2.45, 2.75) is 52.0 Å². The number of ether oxygens (including phenoxy) is 1. The molecule has 4 rings (SSSR count). The fourth-order valence-electron chi connectivity index (χ4n) is 4.63. The Kier molecular flexibility index (Phi) is 6.74. The molecule has 0 spiro atoms. The maximum Gasteiger partial charge on any atom is 0.264 e. The van der Waals surface area contributed by atoms with Crippen LogP contribution in [0.1, 0.15) is 54.8 Å². The van der Waals surface area contributed by atoms with Crippen LogP contribution in [0.15, 0.2) is 24.3 Å². The minimum atomic E-state index is 0.116. The first-order chi connectivity index (χ1) is 14.5. The summed E-state index contributed by atoms with van der Waals surface area (Å²) in [5.41, 5.74) is 1.13. The van der Waals surface area contributed by atoms with E-state index in [4.69, 9.17) is 4.74 Å². The number of likely N-dealkylation sites (tertiary alicyclic amines) is 1. The molecule has 1 atom stereocenters. The van der Waals surface area contributed by atoms with Crippen LogP contribution in [0.2, 0.25) is 0 Å². The van der Waals surface area contributed by atoms with Gasteiger partial charge < -0.3 is 14.5 Å². The van der Waals surface area contributed by atoms with Crippen LogP contribution >= 0.6 is 11.3 Å². The van der Waals surface area contributed by atoms with E-state index in [0.29, 0.717) is 38.6 Å². The summed E-state index contributed by atoms with van der Waals surface area (Å²) in [6, 6.07) is 8.48. The maximum absolute atomic E-state index is 13.4. The zero-order valence-electron chi connectivity index (χ0n) is 18.1. The molecule has 5 nitrogen and oxygen atoms in total. The third-order valence-electron chi connectivity index (χ3n) is 6.16. The van der Waals surface area contributed by atoms with E-state index in [9.17, 15) is 9.59 Å². The predicted octanol–water partition coefficient (Wildman–Crippen LogP) is 4.34. The first kappa shape index (κ1) is 21.3. The molecule has 2 aliphatic heterocycles. The van der Waals surface area contributed by atoms with Crippen molar-refractivity contribution in [3.63, 3.8) is 0 Å². The zero-order valence-corrected chi connectivity index (χ0v) is 18.9. The minimum absolute atomic E-state index is 0.116. The second-order valence-corrected chi connectivity index (χ2v) is 9.90. The largest absolute Gasteiger partial charge is 0.378 e. The van der Waals surface area contributed by atoms with Gasteiger partial charge in [-0.1, -0.05) is 32.0 Å². The van der Waals surface area contributed by atoms with Crippen molar-refractivity contribution >= 4 is 33.2 Å². The van der Waals surface area contributed by atoms with Crippen LogP contribution in [0.4, 0.5) is 0 Å². The molecule has 162 valence electrons. The fraction of sp³-hybridized carbons (Fsp3) is 0.583. The molecule has 2 fully saturated rings. The molecule has 1 aromatic heterocycles. The van der Waals surface area contributed by atoms with E-state index >= 15 is 0 Å².